The summed E-state index contributed by atoms with van der Waals surface area (Å²) < 4.78 is 18.7. The molecule has 0 aliphatic carbocycles. The molecule has 3 aromatic rings. The highest BCUT2D eigenvalue weighted by molar-refractivity contribution is 5.76. The summed E-state index contributed by atoms with van der Waals surface area (Å²) >= 11 is 0. The van der Waals surface area contributed by atoms with Gasteiger partial charge in [0.1, 0.15) is 29.0 Å². The number of rotatable bonds is 2. The summed E-state index contributed by atoms with van der Waals surface area (Å²) in [6, 6.07) is 9.36. The summed E-state index contributed by atoms with van der Waals surface area (Å²) in [7, 11) is 0. The molecule has 0 bridgehead atoms. The second-order valence-electron chi connectivity index (χ2n) is 3.94. The third-order valence-electron chi connectivity index (χ3n) is 2.67. The number of nitriles is 1. The fourth-order valence-electron chi connectivity index (χ4n) is 1.78. The number of halogens is 1. The molecule has 92 valence electrons. The fraction of sp³-hybridized carbons (Fsp3) is 0. The van der Waals surface area contributed by atoms with Crippen molar-refractivity contribution < 1.29 is 9.13 Å². The van der Waals surface area contributed by atoms with Crippen molar-refractivity contribution in [2.75, 3.05) is 0 Å². The van der Waals surface area contributed by atoms with Crippen molar-refractivity contribution in [2.45, 2.75) is 0 Å². The van der Waals surface area contributed by atoms with Gasteiger partial charge >= 0.3 is 0 Å². The number of hydrogen-bond donors (Lipinski definition) is 1. The van der Waals surface area contributed by atoms with E-state index in [9.17, 15) is 4.39 Å². The minimum Gasteiger partial charge on any atom is -0.454 e. The minimum absolute atomic E-state index is 0.180. The first-order valence-corrected chi connectivity index (χ1v) is 5.57. The molecule has 2 heterocycles. The predicted octanol–water partition coefficient (Wildman–Crippen LogP) is 3.37. The summed E-state index contributed by atoms with van der Waals surface area (Å²) in [5.41, 5.74) is 1.02. The molecule has 4 nitrogen and oxygen atoms in total. The van der Waals surface area contributed by atoms with Crippen molar-refractivity contribution in [1.29, 1.82) is 5.26 Å². The molecule has 19 heavy (non-hydrogen) atoms. The van der Waals surface area contributed by atoms with Crippen LogP contribution in [0.3, 0.4) is 0 Å². The second-order valence-corrected chi connectivity index (χ2v) is 3.94. The van der Waals surface area contributed by atoms with Crippen molar-refractivity contribution >= 4 is 11.0 Å². The van der Waals surface area contributed by atoms with Gasteiger partial charge in [0.2, 0.25) is 0 Å². The van der Waals surface area contributed by atoms with Crippen molar-refractivity contribution in [3.8, 4) is 17.6 Å². The molecule has 0 saturated carbocycles. The van der Waals surface area contributed by atoms with Crippen LogP contribution in [0.15, 0.2) is 42.7 Å². The summed E-state index contributed by atoms with van der Waals surface area (Å²) in [5.74, 6) is 0.179. The quantitative estimate of drug-likeness (QED) is 0.761. The van der Waals surface area contributed by atoms with Crippen LogP contribution in [0.2, 0.25) is 0 Å². The first-order valence-electron chi connectivity index (χ1n) is 5.57. The molecule has 3 rings (SSSR count). The maximum atomic E-state index is 13.2. The number of pyridine rings is 1. The smallest absolute Gasteiger partial charge is 0.148 e. The summed E-state index contributed by atoms with van der Waals surface area (Å²) in [6.45, 7) is 0. The van der Waals surface area contributed by atoms with E-state index in [-0.39, 0.29) is 11.3 Å². The monoisotopic (exact) mass is 253 g/mol. The molecule has 0 saturated heterocycles. The molecule has 5 heteroatoms. The van der Waals surface area contributed by atoms with E-state index in [0.717, 1.165) is 11.0 Å². The topological polar surface area (TPSA) is 61.7 Å². The number of fused-ring (bicyclic) bond motifs is 1. The van der Waals surface area contributed by atoms with Crippen LogP contribution in [-0.2, 0) is 0 Å². The average Bonchev–Trinajstić information content (AvgIpc) is 2.86. The number of benzene rings is 1. The molecule has 0 spiro atoms. The van der Waals surface area contributed by atoms with Gasteiger partial charge in [-0.25, -0.2) is 9.37 Å². The van der Waals surface area contributed by atoms with Gasteiger partial charge in [-0.05, 0) is 24.3 Å². The molecule has 0 aliphatic rings. The lowest BCUT2D eigenvalue weighted by atomic mass is 10.2. The van der Waals surface area contributed by atoms with E-state index in [1.165, 1.54) is 24.4 Å². The lowest BCUT2D eigenvalue weighted by Gasteiger charge is -2.07. The van der Waals surface area contributed by atoms with E-state index in [1.807, 2.05) is 12.1 Å². The maximum Gasteiger partial charge on any atom is 0.148 e. The Labute approximate surface area is 108 Å². The van der Waals surface area contributed by atoms with Crippen molar-refractivity contribution in [3.63, 3.8) is 0 Å². The molecule has 0 unspecified atom stereocenters. The van der Waals surface area contributed by atoms with Crippen LogP contribution in [0.1, 0.15) is 5.56 Å². The van der Waals surface area contributed by atoms with Gasteiger partial charge in [-0.15, -0.1) is 0 Å². The van der Waals surface area contributed by atoms with Crippen LogP contribution in [0.25, 0.3) is 11.0 Å². The molecule has 0 aliphatic heterocycles. The average molecular weight is 253 g/mol. The van der Waals surface area contributed by atoms with E-state index >= 15 is 0 Å². The number of aromatic amines is 1. The zero-order valence-electron chi connectivity index (χ0n) is 9.72. The van der Waals surface area contributed by atoms with Crippen LogP contribution in [-0.4, -0.2) is 9.97 Å². The van der Waals surface area contributed by atoms with E-state index < -0.39 is 5.82 Å². The van der Waals surface area contributed by atoms with Gasteiger partial charge in [-0.3, -0.25) is 0 Å². The van der Waals surface area contributed by atoms with Crippen LogP contribution < -0.4 is 4.74 Å². The SMILES string of the molecule is N#Cc1ccc(F)cc1Oc1cnc2[nH]ccc2c1. The molecule has 1 N–H and O–H groups in total. The Morgan fingerprint density at radius 1 is 1.26 bits per heavy atom. The highest BCUT2D eigenvalue weighted by atomic mass is 19.1. The van der Waals surface area contributed by atoms with Gasteiger partial charge < -0.3 is 9.72 Å². The predicted molar refractivity (Wildman–Crippen MR) is 67.3 cm³/mol. The van der Waals surface area contributed by atoms with Crippen molar-refractivity contribution in [2.24, 2.45) is 0 Å². The van der Waals surface area contributed by atoms with Crippen LogP contribution in [0, 0.1) is 17.1 Å². The Bertz CT molecular complexity index is 789. The zero-order chi connectivity index (χ0) is 13.2. The van der Waals surface area contributed by atoms with Crippen LogP contribution >= 0.6 is 0 Å². The molecule has 0 radical (unpaired) electrons. The van der Waals surface area contributed by atoms with E-state index in [0.29, 0.717) is 5.75 Å². The third-order valence-corrected chi connectivity index (χ3v) is 2.67. The van der Waals surface area contributed by atoms with Gasteiger partial charge in [0.15, 0.2) is 0 Å². The van der Waals surface area contributed by atoms with Gasteiger partial charge in [-0.2, -0.15) is 5.26 Å². The number of aromatic nitrogens is 2. The standard InChI is InChI=1S/C14H8FN3O/c15-11-2-1-10(7-16)13(6-11)19-12-5-9-3-4-17-14(9)18-8-12/h1-6,8H,(H,17,18). The number of H-pyrrole nitrogens is 1. The Kier molecular flexibility index (Phi) is 2.62. The summed E-state index contributed by atoms with van der Waals surface area (Å²) in [6.07, 6.45) is 3.29. The molecule has 2 aromatic heterocycles. The van der Waals surface area contributed by atoms with Gasteiger partial charge in [0.05, 0.1) is 11.8 Å². The minimum atomic E-state index is -0.454. The number of hydrogen-bond acceptors (Lipinski definition) is 3. The molecule has 0 amide bonds. The van der Waals surface area contributed by atoms with E-state index in [1.54, 1.807) is 12.3 Å². The largest absolute Gasteiger partial charge is 0.454 e. The first-order chi connectivity index (χ1) is 9.26. The van der Waals surface area contributed by atoms with Crippen molar-refractivity contribution in [3.05, 3.63) is 54.1 Å². The second kappa shape index (κ2) is 4.42. The normalized spacial score (nSPS) is 10.3. The maximum absolute atomic E-state index is 13.2. The Morgan fingerprint density at radius 3 is 3.00 bits per heavy atom. The highest BCUT2D eigenvalue weighted by Crippen LogP contribution is 2.27. The Morgan fingerprint density at radius 2 is 2.16 bits per heavy atom. The lowest BCUT2D eigenvalue weighted by molar-refractivity contribution is 0.474. The first kappa shape index (κ1) is 11.2. The molecule has 0 fully saturated rings. The van der Waals surface area contributed by atoms with Gasteiger partial charge in [0, 0.05) is 17.6 Å². The Hall–Kier alpha value is -2.87. The zero-order valence-corrected chi connectivity index (χ0v) is 9.72. The molecule has 1 aromatic carbocycles. The van der Waals surface area contributed by atoms with Crippen LogP contribution in [0.5, 0.6) is 11.5 Å². The van der Waals surface area contributed by atoms with Crippen molar-refractivity contribution in [1.82, 2.24) is 9.97 Å². The lowest BCUT2D eigenvalue weighted by Crippen LogP contribution is -1.90. The number of nitrogens with one attached hydrogen (secondary N) is 1. The molecular weight excluding hydrogens is 245 g/mol. The fourth-order valence-corrected chi connectivity index (χ4v) is 1.78. The van der Waals surface area contributed by atoms with E-state index in [4.69, 9.17) is 10.00 Å². The molecular formula is C14H8FN3O. The van der Waals surface area contributed by atoms with Gasteiger partial charge in [-0.1, -0.05) is 0 Å². The van der Waals surface area contributed by atoms with Gasteiger partial charge in [0.25, 0.3) is 0 Å². The van der Waals surface area contributed by atoms with E-state index in [2.05, 4.69) is 9.97 Å². The molecule has 0 atom stereocenters. The highest BCUT2D eigenvalue weighted by Gasteiger charge is 2.07. The third kappa shape index (κ3) is 2.11. The van der Waals surface area contributed by atoms with Crippen LogP contribution in [0.4, 0.5) is 4.39 Å². The Balaban J connectivity index is 2.00. The summed E-state index contributed by atoms with van der Waals surface area (Å²) in [5, 5.41) is 9.83. The number of ether oxygens (including phenoxy) is 1. The summed E-state index contributed by atoms with van der Waals surface area (Å²) in [4.78, 5) is 7.12. The number of nitrogens with zero attached hydrogens (tertiary/aromatic N) is 2.